The van der Waals surface area contributed by atoms with Crippen molar-refractivity contribution in [3.05, 3.63) is 64.2 Å². The summed E-state index contributed by atoms with van der Waals surface area (Å²) in [5.41, 5.74) is 0.918. The number of amides is 2. The molecule has 0 saturated carbocycles. The standard InChI is InChI=1S/C20H15BrClNO6/c1-10(24)29-15-8-7-11(9-14(15)22)16(21)17(20(27)28-2)23-18(25)12-5-3-4-6-13(12)19(23)26/h3-9,16-17H,1-2H3/t16?,17-/m1/s1. The highest BCUT2D eigenvalue weighted by Crippen LogP contribution is 2.38. The molecule has 0 fully saturated rings. The SMILES string of the molecule is COC(=O)[C@@H](C(Br)c1ccc(OC(C)=O)c(Cl)c1)N1C(=O)c2ccccc2C1=O. The van der Waals surface area contributed by atoms with Crippen molar-refractivity contribution in [1.82, 2.24) is 4.90 Å². The monoisotopic (exact) mass is 479 g/mol. The van der Waals surface area contributed by atoms with Crippen LogP contribution in [-0.4, -0.2) is 41.8 Å². The largest absolute Gasteiger partial charge is 0.467 e. The van der Waals surface area contributed by atoms with Crippen molar-refractivity contribution in [2.45, 2.75) is 17.8 Å². The van der Waals surface area contributed by atoms with Gasteiger partial charge in [0.05, 0.1) is 28.1 Å². The number of hydrogen-bond donors (Lipinski definition) is 0. The van der Waals surface area contributed by atoms with E-state index in [0.29, 0.717) is 5.56 Å². The average molecular weight is 481 g/mol. The zero-order chi connectivity index (χ0) is 21.3. The molecule has 1 unspecified atom stereocenters. The van der Waals surface area contributed by atoms with E-state index in [1.54, 1.807) is 18.2 Å². The van der Waals surface area contributed by atoms with Gasteiger partial charge >= 0.3 is 11.9 Å². The van der Waals surface area contributed by atoms with Gasteiger partial charge in [-0.15, -0.1) is 0 Å². The summed E-state index contributed by atoms with van der Waals surface area (Å²) in [6, 6.07) is 9.56. The molecule has 2 aromatic rings. The molecule has 0 saturated heterocycles. The zero-order valence-electron chi connectivity index (χ0n) is 15.3. The summed E-state index contributed by atoms with van der Waals surface area (Å²) in [6.07, 6.45) is 0. The minimum absolute atomic E-state index is 0.133. The Morgan fingerprint density at radius 2 is 1.66 bits per heavy atom. The number of hydrogen-bond acceptors (Lipinski definition) is 6. The van der Waals surface area contributed by atoms with Gasteiger partial charge in [-0.1, -0.05) is 45.7 Å². The number of carbonyl (C=O) groups is 4. The number of imide groups is 1. The fourth-order valence-electron chi connectivity index (χ4n) is 3.05. The van der Waals surface area contributed by atoms with Crippen LogP contribution < -0.4 is 4.74 Å². The van der Waals surface area contributed by atoms with Crippen LogP contribution in [0.15, 0.2) is 42.5 Å². The highest BCUT2D eigenvalue weighted by molar-refractivity contribution is 9.09. The third-order valence-corrected chi connectivity index (χ3v) is 5.68. The second-order valence-electron chi connectivity index (χ2n) is 6.18. The van der Waals surface area contributed by atoms with Crippen LogP contribution >= 0.6 is 27.5 Å². The summed E-state index contributed by atoms with van der Waals surface area (Å²) < 4.78 is 9.84. The van der Waals surface area contributed by atoms with Crippen molar-refractivity contribution in [3.63, 3.8) is 0 Å². The summed E-state index contributed by atoms with van der Waals surface area (Å²) >= 11 is 9.56. The minimum atomic E-state index is -1.27. The Kier molecular flexibility index (Phi) is 6.04. The third kappa shape index (κ3) is 3.90. The van der Waals surface area contributed by atoms with Gasteiger partial charge in [-0.3, -0.25) is 19.3 Å². The van der Waals surface area contributed by atoms with Crippen molar-refractivity contribution in [2.75, 3.05) is 7.11 Å². The van der Waals surface area contributed by atoms with E-state index in [9.17, 15) is 19.2 Å². The molecule has 2 aromatic carbocycles. The molecule has 1 heterocycles. The molecule has 0 radical (unpaired) electrons. The van der Waals surface area contributed by atoms with E-state index in [4.69, 9.17) is 21.1 Å². The Bertz CT molecular complexity index is 989. The van der Waals surface area contributed by atoms with Gasteiger partial charge in [-0.2, -0.15) is 0 Å². The first-order chi connectivity index (χ1) is 13.8. The molecule has 0 spiro atoms. The molecule has 1 aliphatic rings. The molecule has 2 amide bonds. The van der Waals surface area contributed by atoms with Crippen molar-refractivity contribution in [3.8, 4) is 5.75 Å². The van der Waals surface area contributed by atoms with Gasteiger partial charge < -0.3 is 9.47 Å². The molecule has 0 N–H and O–H groups in total. The predicted molar refractivity (Wildman–Crippen MR) is 107 cm³/mol. The van der Waals surface area contributed by atoms with Gasteiger partial charge in [0.15, 0.2) is 6.04 Å². The number of rotatable bonds is 5. The van der Waals surface area contributed by atoms with E-state index in [1.165, 1.54) is 38.3 Å². The van der Waals surface area contributed by atoms with Crippen LogP contribution in [0, 0.1) is 0 Å². The molecular formula is C20H15BrClNO6. The van der Waals surface area contributed by atoms with Crippen molar-refractivity contribution < 1.29 is 28.7 Å². The van der Waals surface area contributed by atoms with Crippen LogP contribution in [0.3, 0.4) is 0 Å². The number of fused-ring (bicyclic) bond motifs is 1. The maximum absolute atomic E-state index is 12.8. The van der Waals surface area contributed by atoms with Crippen molar-refractivity contribution in [1.29, 1.82) is 0 Å². The number of benzene rings is 2. The maximum Gasteiger partial charge on any atom is 0.330 e. The van der Waals surface area contributed by atoms with E-state index in [-0.39, 0.29) is 21.9 Å². The smallest absolute Gasteiger partial charge is 0.330 e. The van der Waals surface area contributed by atoms with E-state index < -0.39 is 34.6 Å². The first-order valence-corrected chi connectivity index (χ1v) is 9.72. The van der Waals surface area contributed by atoms with Gasteiger partial charge in [0.25, 0.3) is 11.8 Å². The Morgan fingerprint density at radius 3 is 2.14 bits per heavy atom. The summed E-state index contributed by atoms with van der Waals surface area (Å²) in [6.45, 7) is 1.24. The second-order valence-corrected chi connectivity index (χ2v) is 7.57. The van der Waals surface area contributed by atoms with Crippen LogP contribution in [0.1, 0.15) is 38.0 Å². The summed E-state index contributed by atoms with van der Waals surface area (Å²) in [4.78, 5) is 49.4. The van der Waals surface area contributed by atoms with E-state index in [1.807, 2.05) is 0 Å². The van der Waals surface area contributed by atoms with Crippen LogP contribution in [0.2, 0.25) is 5.02 Å². The quantitative estimate of drug-likeness (QED) is 0.281. The molecule has 29 heavy (non-hydrogen) atoms. The molecule has 1 aliphatic heterocycles. The van der Waals surface area contributed by atoms with Gasteiger partial charge in [0.2, 0.25) is 0 Å². The first kappa shape index (κ1) is 21.0. The zero-order valence-corrected chi connectivity index (χ0v) is 17.7. The average Bonchev–Trinajstić information content (AvgIpc) is 2.94. The highest BCUT2D eigenvalue weighted by Gasteiger charge is 2.46. The lowest BCUT2D eigenvalue weighted by Crippen LogP contribution is -2.47. The number of methoxy groups -OCH3 is 1. The summed E-state index contributed by atoms with van der Waals surface area (Å²) in [7, 11) is 1.17. The normalized spacial score (nSPS) is 15.0. The van der Waals surface area contributed by atoms with E-state index in [0.717, 1.165) is 4.90 Å². The molecule has 2 atom stereocenters. The molecular weight excluding hydrogens is 466 g/mol. The lowest BCUT2D eigenvalue weighted by Gasteiger charge is -2.28. The fraction of sp³-hybridized carbons (Fsp3) is 0.200. The summed E-state index contributed by atoms with van der Waals surface area (Å²) in [5.74, 6) is -2.34. The third-order valence-electron chi connectivity index (χ3n) is 4.35. The minimum Gasteiger partial charge on any atom is -0.467 e. The summed E-state index contributed by atoms with van der Waals surface area (Å²) in [5, 5.41) is 0.133. The molecule has 7 nitrogen and oxygen atoms in total. The molecule has 0 aromatic heterocycles. The van der Waals surface area contributed by atoms with Crippen molar-refractivity contribution in [2.24, 2.45) is 0 Å². The van der Waals surface area contributed by atoms with Crippen LogP contribution in [0.25, 0.3) is 0 Å². The number of ether oxygens (including phenoxy) is 2. The Balaban J connectivity index is 1.99. The first-order valence-electron chi connectivity index (χ1n) is 8.43. The van der Waals surface area contributed by atoms with Gasteiger partial charge in [0, 0.05) is 6.92 Å². The van der Waals surface area contributed by atoms with Crippen LogP contribution in [-0.2, 0) is 14.3 Å². The van der Waals surface area contributed by atoms with Crippen LogP contribution in [0.4, 0.5) is 0 Å². The second kappa shape index (κ2) is 8.34. The number of esters is 2. The topological polar surface area (TPSA) is 90.0 Å². The predicted octanol–water partition coefficient (Wildman–Crippen LogP) is 3.54. The van der Waals surface area contributed by atoms with Gasteiger partial charge in [-0.25, -0.2) is 4.79 Å². The maximum atomic E-state index is 12.8. The number of carbonyl (C=O) groups excluding carboxylic acids is 4. The molecule has 9 heteroatoms. The molecule has 3 rings (SSSR count). The van der Waals surface area contributed by atoms with Gasteiger partial charge in [-0.05, 0) is 29.8 Å². The molecule has 0 bridgehead atoms. The molecule has 0 aliphatic carbocycles. The van der Waals surface area contributed by atoms with Gasteiger partial charge in [0.1, 0.15) is 5.75 Å². The number of alkyl halides is 1. The van der Waals surface area contributed by atoms with E-state index >= 15 is 0 Å². The van der Waals surface area contributed by atoms with E-state index in [2.05, 4.69) is 15.9 Å². The lowest BCUT2D eigenvalue weighted by atomic mass is 10.0. The van der Waals surface area contributed by atoms with Crippen LogP contribution in [0.5, 0.6) is 5.75 Å². The molecule has 150 valence electrons. The van der Waals surface area contributed by atoms with Crippen molar-refractivity contribution >= 4 is 51.3 Å². The number of halogens is 2. The number of nitrogens with zero attached hydrogens (tertiary/aromatic N) is 1. The fourth-order valence-corrected chi connectivity index (χ4v) is 4.01. The Morgan fingerprint density at radius 1 is 1.07 bits per heavy atom. The highest BCUT2D eigenvalue weighted by atomic mass is 79.9. The Hall–Kier alpha value is -2.71. The Labute approximate surface area is 179 Å². The lowest BCUT2D eigenvalue weighted by molar-refractivity contribution is -0.145.